The van der Waals surface area contributed by atoms with E-state index in [9.17, 15) is 0 Å². The molecule has 2 N–H and O–H groups in total. The third-order valence-electron chi connectivity index (χ3n) is 2.36. The van der Waals surface area contributed by atoms with Crippen LogP contribution in [-0.4, -0.2) is 28.7 Å². The minimum atomic E-state index is 0.357. The molecule has 2 aromatic rings. The molecule has 0 aliphatic heterocycles. The predicted molar refractivity (Wildman–Crippen MR) is 75.2 cm³/mol. The van der Waals surface area contributed by atoms with Crippen LogP contribution in [0.2, 0.25) is 0 Å². The molecule has 1 aromatic carbocycles. The molecule has 1 unspecified atom stereocenters. The van der Waals surface area contributed by atoms with E-state index in [0.717, 1.165) is 12.3 Å². The minimum absolute atomic E-state index is 0.357. The zero-order valence-electron chi connectivity index (χ0n) is 9.63. The molecule has 0 aliphatic carbocycles. The summed E-state index contributed by atoms with van der Waals surface area (Å²) in [5.74, 6) is 0. The van der Waals surface area contributed by atoms with Crippen molar-refractivity contribution in [2.45, 2.75) is 4.82 Å². The van der Waals surface area contributed by atoms with Gasteiger partial charge in [0.15, 0.2) is 0 Å². The van der Waals surface area contributed by atoms with Crippen molar-refractivity contribution in [3.8, 4) is 0 Å². The van der Waals surface area contributed by atoms with Crippen LogP contribution in [0.1, 0.15) is 9.69 Å². The monoisotopic (exact) mass is 313 g/mol. The van der Waals surface area contributed by atoms with Gasteiger partial charge in [-0.2, -0.15) is 0 Å². The van der Waals surface area contributed by atoms with Crippen LogP contribution in [0.4, 0.5) is 5.69 Å². The van der Waals surface area contributed by atoms with Crippen molar-refractivity contribution in [2.75, 3.05) is 19.5 Å². The first-order valence-electron chi connectivity index (χ1n) is 5.34. The second-order valence-corrected chi connectivity index (χ2v) is 7.24. The van der Waals surface area contributed by atoms with Gasteiger partial charge in [0.25, 0.3) is 0 Å². The molecular formula is C13H15NOSSe. The van der Waals surface area contributed by atoms with Gasteiger partial charge in [0.05, 0.1) is 0 Å². The summed E-state index contributed by atoms with van der Waals surface area (Å²) < 4.78 is 6.71. The molecule has 1 atom stereocenters. The fraction of sp³-hybridized carbons (Fsp3) is 0.231. The number of nitrogen functional groups attached to an aromatic ring is 1. The van der Waals surface area contributed by atoms with E-state index >= 15 is 0 Å². The van der Waals surface area contributed by atoms with E-state index in [1.54, 1.807) is 18.4 Å². The van der Waals surface area contributed by atoms with E-state index in [1.165, 1.54) is 9.34 Å². The molecule has 1 aromatic heterocycles. The molecule has 0 aliphatic rings. The van der Waals surface area contributed by atoms with Crippen molar-refractivity contribution in [3.63, 3.8) is 0 Å². The summed E-state index contributed by atoms with van der Waals surface area (Å²) in [6.07, 6.45) is 0. The Bertz CT molecular complexity index is 457. The standard InChI is InChI=1S/C13H15NOSSe/c1-15-9-12(13-11(14)7-8-16-13)17-10-5-3-2-4-6-10/h2-8,12H,9,14H2,1H3. The van der Waals surface area contributed by atoms with Gasteiger partial charge in [-0.05, 0) is 0 Å². The zero-order chi connectivity index (χ0) is 12.1. The molecule has 0 saturated heterocycles. The summed E-state index contributed by atoms with van der Waals surface area (Å²) >= 11 is 2.08. The maximum absolute atomic E-state index is 5.99. The normalized spacial score (nSPS) is 12.5. The fourth-order valence-electron chi connectivity index (χ4n) is 1.57. The van der Waals surface area contributed by atoms with Crippen LogP contribution in [0.25, 0.3) is 0 Å². The van der Waals surface area contributed by atoms with E-state index in [2.05, 4.69) is 29.6 Å². The number of thiophene rings is 1. The Balaban J connectivity index is 2.16. The summed E-state index contributed by atoms with van der Waals surface area (Å²) in [5.41, 5.74) is 6.89. The molecule has 0 fully saturated rings. The van der Waals surface area contributed by atoms with Crippen LogP contribution in [0.3, 0.4) is 0 Å². The van der Waals surface area contributed by atoms with Crippen LogP contribution in [0, 0.1) is 0 Å². The van der Waals surface area contributed by atoms with Gasteiger partial charge < -0.3 is 0 Å². The Morgan fingerprint density at radius 1 is 1.29 bits per heavy atom. The van der Waals surface area contributed by atoms with Crippen molar-refractivity contribution < 1.29 is 4.74 Å². The molecule has 4 heteroatoms. The van der Waals surface area contributed by atoms with Gasteiger partial charge in [0.2, 0.25) is 0 Å². The number of benzene rings is 1. The van der Waals surface area contributed by atoms with Crippen LogP contribution in [0.5, 0.6) is 0 Å². The molecule has 0 amide bonds. The third-order valence-corrected chi connectivity index (χ3v) is 6.26. The Hall–Kier alpha value is -0.801. The van der Waals surface area contributed by atoms with Crippen molar-refractivity contribution in [3.05, 3.63) is 46.7 Å². The number of ether oxygens (including phenoxy) is 1. The van der Waals surface area contributed by atoms with Gasteiger partial charge in [-0.3, -0.25) is 0 Å². The summed E-state index contributed by atoms with van der Waals surface area (Å²) in [6.45, 7) is 0.736. The number of nitrogens with two attached hydrogens (primary N) is 1. The Morgan fingerprint density at radius 2 is 2.06 bits per heavy atom. The van der Waals surface area contributed by atoms with Gasteiger partial charge >= 0.3 is 112 Å². The van der Waals surface area contributed by atoms with Gasteiger partial charge in [-0.15, -0.1) is 0 Å². The Kier molecular flexibility index (Phi) is 4.63. The first-order valence-corrected chi connectivity index (χ1v) is 8.07. The van der Waals surface area contributed by atoms with Crippen LogP contribution in [-0.2, 0) is 4.74 Å². The van der Waals surface area contributed by atoms with Crippen molar-refractivity contribution in [1.29, 1.82) is 0 Å². The first kappa shape index (κ1) is 12.7. The molecule has 90 valence electrons. The SMILES string of the molecule is COCC([Se]c1ccccc1)c1sccc1N. The quantitative estimate of drug-likeness (QED) is 0.858. The summed E-state index contributed by atoms with van der Waals surface area (Å²) in [5, 5.41) is 2.05. The van der Waals surface area contributed by atoms with Gasteiger partial charge in [-0.25, -0.2) is 0 Å². The predicted octanol–water partition coefficient (Wildman–Crippen LogP) is 2.05. The molecule has 2 nitrogen and oxygen atoms in total. The second kappa shape index (κ2) is 6.22. The zero-order valence-corrected chi connectivity index (χ0v) is 12.2. The molecule has 0 spiro atoms. The van der Waals surface area contributed by atoms with Crippen molar-refractivity contribution in [1.82, 2.24) is 0 Å². The Morgan fingerprint density at radius 3 is 2.65 bits per heavy atom. The summed E-state index contributed by atoms with van der Waals surface area (Å²) in [7, 11) is 1.75. The number of hydrogen-bond donors (Lipinski definition) is 1. The van der Waals surface area contributed by atoms with E-state index in [0.29, 0.717) is 19.8 Å². The molecule has 0 radical (unpaired) electrons. The average Bonchev–Trinajstić information content (AvgIpc) is 2.76. The molecule has 1 heterocycles. The fourth-order valence-corrected chi connectivity index (χ4v) is 5.24. The number of methoxy groups -OCH3 is 1. The molecule has 0 saturated carbocycles. The van der Waals surface area contributed by atoms with Crippen LogP contribution in [0.15, 0.2) is 41.8 Å². The summed E-state index contributed by atoms with van der Waals surface area (Å²) in [4.78, 5) is 1.67. The first-order chi connectivity index (χ1) is 8.31. The van der Waals surface area contributed by atoms with Gasteiger partial charge in [0.1, 0.15) is 0 Å². The maximum atomic E-state index is 5.99. The average molecular weight is 312 g/mol. The molecular weight excluding hydrogens is 297 g/mol. The van der Waals surface area contributed by atoms with Crippen LogP contribution >= 0.6 is 11.3 Å². The molecule has 2 rings (SSSR count). The van der Waals surface area contributed by atoms with E-state index in [4.69, 9.17) is 10.5 Å². The van der Waals surface area contributed by atoms with Crippen molar-refractivity contribution in [2.24, 2.45) is 0 Å². The van der Waals surface area contributed by atoms with Crippen LogP contribution < -0.4 is 10.2 Å². The topological polar surface area (TPSA) is 35.2 Å². The number of anilines is 1. The van der Waals surface area contributed by atoms with E-state index in [1.807, 2.05) is 12.1 Å². The third kappa shape index (κ3) is 3.33. The van der Waals surface area contributed by atoms with Gasteiger partial charge in [-0.1, -0.05) is 0 Å². The number of rotatable bonds is 5. The van der Waals surface area contributed by atoms with E-state index in [-0.39, 0.29) is 0 Å². The van der Waals surface area contributed by atoms with Gasteiger partial charge in [0, 0.05) is 0 Å². The van der Waals surface area contributed by atoms with Crippen molar-refractivity contribution >= 4 is 36.4 Å². The number of hydrogen-bond acceptors (Lipinski definition) is 3. The Labute approximate surface area is 112 Å². The molecule has 0 bridgehead atoms. The molecule has 17 heavy (non-hydrogen) atoms. The second-order valence-electron chi connectivity index (χ2n) is 3.62. The van der Waals surface area contributed by atoms with E-state index < -0.39 is 0 Å². The summed E-state index contributed by atoms with van der Waals surface area (Å²) in [6, 6.07) is 12.5.